The Bertz CT molecular complexity index is 1700. The molecule has 0 aliphatic heterocycles. The molecule has 0 aromatic heterocycles. The molecule has 2 amide bonds. The average molecular weight is 707 g/mol. The lowest BCUT2D eigenvalue weighted by Crippen LogP contribution is -2.53. The molecule has 4 rings (SSSR count). The molecule has 0 aliphatic rings. The van der Waals surface area contributed by atoms with Crippen LogP contribution < -0.4 is 14.4 Å². The molecular weight excluding hydrogens is 666 g/mol. The highest BCUT2D eigenvalue weighted by Crippen LogP contribution is 2.28. The Morgan fingerprint density at radius 2 is 1.59 bits per heavy atom. The number of hydrogen-bond acceptors (Lipinski definition) is 5. The molecule has 1 N–H and O–H groups in total. The zero-order valence-corrected chi connectivity index (χ0v) is 28.8. The number of methoxy groups -OCH3 is 1. The smallest absolute Gasteiger partial charge is 0.264 e. The lowest BCUT2D eigenvalue weighted by molar-refractivity contribution is -0.140. The summed E-state index contributed by atoms with van der Waals surface area (Å²) in [6, 6.07) is 29.2. The van der Waals surface area contributed by atoms with Crippen molar-refractivity contribution < 1.29 is 22.7 Å². The molecule has 8 nitrogen and oxygen atoms in total. The highest BCUT2D eigenvalue weighted by atomic mass is 79.9. The number of carbonyl (C=O) groups excluding carboxylic acids is 2. The summed E-state index contributed by atoms with van der Waals surface area (Å²) in [5, 5.41) is 3.01. The normalized spacial score (nSPS) is 11.8. The number of amides is 2. The van der Waals surface area contributed by atoms with Crippen LogP contribution in [-0.2, 0) is 32.6 Å². The van der Waals surface area contributed by atoms with Crippen LogP contribution in [0.2, 0.25) is 0 Å². The second-order valence-corrected chi connectivity index (χ2v) is 13.8. The molecule has 242 valence electrons. The van der Waals surface area contributed by atoms with Gasteiger partial charge in [0.1, 0.15) is 18.3 Å². The Hall–Kier alpha value is -4.15. The minimum absolute atomic E-state index is 0.0475. The number of anilines is 1. The highest BCUT2D eigenvalue weighted by molar-refractivity contribution is 9.10. The van der Waals surface area contributed by atoms with E-state index in [0.29, 0.717) is 12.3 Å². The molecule has 1 atom stereocenters. The largest absolute Gasteiger partial charge is 0.497 e. The van der Waals surface area contributed by atoms with Gasteiger partial charge in [-0.1, -0.05) is 95.5 Å². The van der Waals surface area contributed by atoms with Crippen molar-refractivity contribution >= 4 is 43.5 Å². The number of halogens is 1. The van der Waals surface area contributed by atoms with Gasteiger partial charge in [-0.15, -0.1) is 0 Å². The molecule has 0 unspecified atom stereocenters. The fourth-order valence-electron chi connectivity index (χ4n) is 4.98. The van der Waals surface area contributed by atoms with Crippen molar-refractivity contribution in [3.63, 3.8) is 0 Å². The summed E-state index contributed by atoms with van der Waals surface area (Å²) in [6.45, 7) is 3.95. The van der Waals surface area contributed by atoms with Crippen LogP contribution in [0.4, 0.5) is 5.69 Å². The van der Waals surface area contributed by atoms with Gasteiger partial charge < -0.3 is 15.0 Å². The molecule has 0 saturated heterocycles. The number of benzene rings is 4. The van der Waals surface area contributed by atoms with Gasteiger partial charge in [0.15, 0.2) is 0 Å². The van der Waals surface area contributed by atoms with Crippen molar-refractivity contribution in [1.29, 1.82) is 0 Å². The predicted octanol–water partition coefficient (Wildman–Crippen LogP) is 6.52. The Balaban J connectivity index is 1.80. The molecule has 0 bridgehead atoms. The van der Waals surface area contributed by atoms with E-state index in [-0.39, 0.29) is 29.5 Å². The van der Waals surface area contributed by atoms with E-state index in [9.17, 15) is 18.0 Å². The molecule has 0 spiro atoms. The SMILES string of the molecule is CCCCNC(=O)[C@H](Cc1ccccc1)N(Cc1ccc(Br)cc1)C(=O)CN(c1cccc(OC)c1)S(=O)(=O)c1ccc(C)cc1. The first kappa shape index (κ1) is 34.7. The molecule has 0 radical (unpaired) electrons. The molecule has 46 heavy (non-hydrogen) atoms. The van der Waals surface area contributed by atoms with E-state index in [0.717, 1.165) is 38.3 Å². The van der Waals surface area contributed by atoms with Crippen LogP contribution >= 0.6 is 15.9 Å². The number of hydrogen-bond donors (Lipinski definition) is 1. The van der Waals surface area contributed by atoms with E-state index in [1.165, 1.54) is 24.1 Å². The van der Waals surface area contributed by atoms with E-state index < -0.39 is 28.5 Å². The van der Waals surface area contributed by atoms with E-state index in [1.54, 1.807) is 36.4 Å². The van der Waals surface area contributed by atoms with Crippen LogP contribution in [0.25, 0.3) is 0 Å². The summed E-state index contributed by atoms with van der Waals surface area (Å²) >= 11 is 3.46. The minimum atomic E-state index is -4.20. The molecule has 0 fully saturated rings. The van der Waals surface area contributed by atoms with Gasteiger partial charge >= 0.3 is 0 Å². The third kappa shape index (κ3) is 9.20. The number of nitrogens with zero attached hydrogens (tertiary/aromatic N) is 2. The predicted molar refractivity (Wildman–Crippen MR) is 185 cm³/mol. The van der Waals surface area contributed by atoms with Crippen molar-refractivity contribution in [3.8, 4) is 5.75 Å². The van der Waals surface area contributed by atoms with Crippen LogP contribution in [0.3, 0.4) is 0 Å². The molecule has 4 aromatic rings. The van der Waals surface area contributed by atoms with Crippen molar-refractivity contribution in [1.82, 2.24) is 10.2 Å². The van der Waals surface area contributed by atoms with Crippen molar-refractivity contribution in [2.45, 2.75) is 50.6 Å². The Kier molecular flexibility index (Phi) is 12.4. The van der Waals surface area contributed by atoms with Gasteiger partial charge in [-0.3, -0.25) is 13.9 Å². The topological polar surface area (TPSA) is 96.0 Å². The standard InChI is InChI=1S/C36H40BrN3O5S/c1-4-5-22-38-36(42)34(23-28-10-7-6-8-11-28)39(25-29-16-18-30(37)19-17-29)35(41)26-40(31-12-9-13-32(24-31)45-3)46(43,44)33-20-14-27(2)15-21-33/h6-21,24,34H,4-5,22-23,25-26H2,1-3H3,(H,38,42)/t34-/m0/s1. The van der Waals surface area contributed by atoms with E-state index in [4.69, 9.17) is 4.74 Å². The van der Waals surface area contributed by atoms with Crippen molar-refractivity contribution in [2.24, 2.45) is 0 Å². The third-order valence-electron chi connectivity index (χ3n) is 7.60. The van der Waals surface area contributed by atoms with Crippen molar-refractivity contribution in [3.05, 3.63) is 124 Å². The monoisotopic (exact) mass is 705 g/mol. The average Bonchev–Trinajstić information content (AvgIpc) is 3.06. The zero-order valence-electron chi connectivity index (χ0n) is 26.4. The summed E-state index contributed by atoms with van der Waals surface area (Å²) in [5.41, 5.74) is 2.85. The highest BCUT2D eigenvalue weighted by Gasteiger charge is 2.34. The van der Waals surface area contributed by atoms with E-state index in [2.05, 4.69) is 21.2 Å². The first-order valence-electron chi connectivity index (χ1n) is 15.2. The number of sulfonamides is 1. The van der Waals surface area contributed by atoms with Gasteiger partial charge in [0.25, 0.3) is 10.0 Å². The van der Waals surface area contributed by atoms with Crippen LogP contribution in [0, 0.1) is 6.92 Å². The number of unbranched alkanes of at least 4 members (excludes halogenated alkanes) is 1. The number of carbonyl (C=O) groups is 2. The fourth-order valence-corrected chi connectivity index (χ4v) is 6.65. The van der Waals surface area contributed by atoms with Crippen LogP contribution in [0.1, 0.15) is 36.5 Å². The van der Waals surface area contributed by atoms with Crippen LogP contribution in [0.5, 0.6) is 5.75 Å². The number of ether oxygens (including phenoxy) is 1. The lowest BCUT2D eigenvalue weighted by atomic mass is 10.0. The second kappa shape index (κ2) is 16.4. The number of nitrogens with one attached hydrogen (secondary N) is 1. The lowest BCUT2D eigenvalue weighted by Gasteiger charge is -2.34. The Morgan fingerprint density at radius 1 is 0.891 bits per heavy atom. The van der Waals surface area contributed by atoms with E-state index in [1.807, 2.05) is 68.4 Å². The minimum Gasteiger partial charge on any atom is -0.497 e. The van der Waals surface area contributed by atoms with Gasteiger partial charge in [0, 0.05) is 30.0 Å². The first-order chi connectivity index (χ1) is 22.1. The molecule has 0 saturated carbocycles. The Labute approximate surface area is 280 Å². The summed E-state index contributed by atoms with van der Waals surface area (Å²) in [6.07, 6.45) is 1.95. The second-order valence-electron chi connectivity index (χ2n) is 11.0. The summed E-state index contributed by atoms with van der Waals surface area (Å²) in [5.74, 6) is -0.372. The van der Waals surface area contributed by atoms with Crippen molar-refractivity contribution in [2.75, 3.05) is 24.5 Å². The van der Waals surface area contributed by atoms with Gasteiger partial charge in [-0.25, -0.2) is 8.42 Å². The van der Waals surface area contributed by atoms with Gasteiger partial charge in [0.2, 0.25) is 11.8 Å². The van der Waals surface area contributed by atoms with Gasteiger partial charge in [0.05, 0.1) is 17.7 Å². The maximum atomic E-state index is 14.6. The van der Waals surface area contributed by atoms with E-state index >= 15 is 0 Å². The maximum Gasteiger partial charge on any atom is 0.264 e. The maximum absolute atomic E-state index is 14.6. The number of aryl methyl sites for hydroxylation is 1. The summed E-state index contributed by atoms with van der Waals surface area (Å²) < 4.78 is 35.7. The van der Waals surface area contributed by atoms with Gasteiger partial charge in [-0.05, 0) is 60.9 Å². The zero-order chi connectivity index (χ0) is 33.1. The molecular formula is C36H40BrN3O5S. The molecule has 0 aliphatic carbocycles. The summed E-state index contributed by atoms with van der Waals surface area (Å²) in [7, 11) is -2.71. The van der Waals surface area contributed by atoms with Crippen LogP contribution in [0.15, 0.2) is 112 Å². The quantitative estimate of drug-likeness (QED) is 0.142. The fraction of sp³-hybridized carbons (Fsp3) is 0.278. The molecule has 10 heteroatoms. The Morgan fingerprint density at radius 3 is 2.24 bits per heavy atom. The third-order valence-corrected chi connectivity index (χ3v) is 9.91. The first-order valence-corrected chi connectivity index (χ1v) is 17.4. The van der Waals surface area contributed by atoms with Gasteiger partial charge in [-0.2, -0.15) is 0 Å². The molecule has 0 heterocycles. The number of rotatable bonds is 15. The molecule has 4 aromatic carbocycles. The summed E-state index contributed by atoms with van der Waals surface area (Å²) in [4.78, 5) is 29.9. The van der Waals surface area contributed by atoms with Crippen LogP contribution in [-0.4, -0.2) is 51.4 Å².